The fourth-order valence-corrected chi connectivity index (χ4v) is 3.07. The van der Waals surface area contributed by atoms with Crippen LogP contribution < -0.4 is 5.32 Å². The summed E-state index contributed by atoms with van der Waals surface area (Å²) in [6, 6.07) is 20.2. The Morgan fingerprint density at radius 2 is 1.74 bits per heavy atom. The number of nitrogens with one attached hydrogen (secondary N) is 1. The topological polar surface area (TPSA) is 17.0 Å². The Kier molecular flexibility index (Phi) is 5.39. The molecule has 0 saturated heterocycles. The van der Waals surface area contributed by atoms with Crippen molar-refractivity contribution in [1.29, 1.82) is 0 Å². The van der Waals surface area contributed by atoms with Gasteiger partial charge in [0.25, 0.3) is 0 Å². The molecule has 0 fully saturated rings. The molecule has 3 rings (SSSR count). The van der Waals surface area contributed by atoms with Gasteiger partial charge in [-0.2, -0.15) is 0 Å². The van der Waals surface area contributed by atoms with E-state index in [-0.39, 0.29) is 0 Å². The standard InChI is InChI=1S/C19H18Cl2N2/c20-16-8-9-19(18(21)13-16)23-12-4-7-17(23)14-22-11-10-15-5-2-1-3-6-15/h1-9,12-13,22H,10-11,14H2. The van der Waals surface area contributed by atoms with Gasteiger partial charge in [0.05, 0.1) is 10.7 Å². The van der Waals surface area contributed by atoms with Crippen molar-refractivity contribution in [2.45, 2.75) is 13.0 Å². The summed E-state index contributed by atoms with van der Waals surface area (Å²) in [4.78, 5) is 0. The number of aromatic nitrogens is 1. The summed E-state index contributed by atoms with van der Waals surface area (Å²) < 4.78 is 2.09. The molecule has 0 aliphatic rings. The van der Waals surface area contributed by atoms with Gasteiger partial charge >= 0.3 is 0 Å². The molecule has 0 saturated carbocycles. The maximum atomic E-state index is 6.31. The van der Waals surface area contributed by atoms with Crippen molar-refractivity contribution >= 4 is 23.2 Å². The van der Waals surface area contributed by atoms with Crippen molar-refractivity contribution in [3.63, 3.8) is 0 Å². The van der Waals surface area contributed by atoms with Crippen LogP contribution in [0.5, 0.6) is 0 Å². The van der Waals surface area contributed by atoms with Gasteiger partial charge < -0.3 is 9.88 Å². The van der Waals surface area contributed by atoms with E-state index in [1.165, 1.54) is 11.3 Å². The Morgan fingerprint density at radius 1 is 0.913 bits per heavy atom. The lowest BCUT2D eigenvalue weighted by Crippen LogP contribution is -2.18. The SMILES string of the molecule is Clc1ccc(-n2cccc2CNCCc2ccccc2)c(Cl)c1. The van der Waals surface area contributed by atoms with Gasteiger partial charge in [0.15, 0.2) is 0 Å². The zero-order chi connectivity index (χ0) is 16.1. The van der Waals surface area contributed by atoms with Crippen LogP contribution in [0.25, 0.3) is 5.69 Å². The third-order valence-corrected chi connectivity index (χ3v) is 4.28. The highest BCUT2D eigenvalue weighted by Crippen LogP contribution is 2.25. The molecular weight excluding hydrogens is 327 g/mol. The molecule has 118 valence electrons. The van der Waals surface area contributed by atoms with Gasteiger partial charge in [0.1, 0.15) is 0 Å². The quantitative estimate of drug-likeness (QED) is 0.614. The van der Waals surface area contributed by atoms with Gasteiger partial charge in [0, 0.05) is 23.5 Å². The highest BCUT2D eigenvalue weighted by atomic mass is 35.5. The van der Waals surface area contributed by atoms with Crippen molar-refractivity contribution in [2.75, 3.05) is 6.54 Å². The third-order valence-electron chi connectivity index (χ3n) is 3.74. The molecule has 1 N–H and O–H groups in total. The minimum absolute atomic E-state index is 0.647. The highest BCUT2D eigenvalue weighted by Gasteiger charge is 2.07. The predicted octanol–water partition coefficient (Wildman–Crippen LogP) is 5.12. The van der Waals surface area contributed by atoms with Gasteiger partial charge in [-0.25, -0.2) is 0 Å². The first kappa shape index (κ1) is 16.1. The van der Waals surface area contributed by atoms with Crippen molar-refractivity contribution < 1.29 is 0 Å². The van der Waals surface area contributed by atoms with Gasteiger partial charge in [-0.05, 0) is 48.9 Å². The molecule has 23 heavy (non-hydrogen) atoms. The van der Waals surface area contributed by atoms with E-state index in [0.717, 1.165) is 25.2 Å². The maximum Gasteiger partial charge on any atom is 0.0661 e. The molecule has 0 radical (unpaired) electrons. The molecule has 0 bridgehead atoms. The molecule has 1 heterocycles. The van der Waals surface area contributed by atoms with Crippen molar-refractivity contribution in [3.8, 4) is 5.69 Å². The van der Waals surface area contributed by atoms with Crippen LogP contribution in [0.3, 0.4) is 0 Å². The first-order valence-corrected chi connectivity index (χ1v) is 8.36. The predicted molar refractivity (Wildman–Crippen MR) is 97.6 cm³/mol. The molecule has 4 heteroatoms. The number of rotatable bonds is 6. The summed E-state index contributed by atoms with van der Waals surface area (Å²) in [5.74, 6) is 0. The summed E-state index contributed by atoms with van der Waals surface area (Å²) in [5.41, 5.74) is 3.46. The summed E-state index contributed by atoms with van der Waals surface area (Å²) in [6.45, 7) is 1.72. The summed E-state index contributed by atoms with van der Waals surface area (Å²) in [5, 5.41) is 4.79. The Bertz CT molecular complexity index is 766. The van der Waals surface area contributed by atoms with Crippen LogP contribution in [0.4, 0.5) is 0 Å². The monoisotopic (exact) mass is 344 g/mol. The van der Waals surface area contributed by atoms with E-state index in [4.69, 9.17) is 23.2 Å². The number of nitrogens with zero attached hydrogens (tertiary/aromatic N) is 1. The fraction of sp³-hybridized carbons (Fsp3) is 0.158. The smallest absolute Gasteiger partial charge is 0.0661 e. The summed E-state index contributed by atoms with van der Waals surface area (Å²) in [6.07, 6.45) is 3.03. The molecule has 2 nitrogen and oxygen atoms in total. The van der Waals surface area contributed by atoms with Crippen LogP contribution in [0, 0.1) is 0 Å². The van der Waals surface area contributed by atoms with Crippen LogP contribution in [0.15, 0.2) is 66.9 Å². The molecule has 0 aliphatic carbocycles. The summed E-state index contributed by atoms with van der Waals surface area (Å²) in [7, 11) is 0. The lowest BCUT2D eigenvalue weighted by atomic mass is 10.1. The van der Waals surface area contributed by atoms with Crippen LogP contribution in [-0.2, 0) is 13.0 Å². The number of benzene rings is 2. The summed E-state index contributed by atoms with van der Waals surface area (Å²) >= 11 is 12.3. The Balaban J connectivity index is 1.62. The Labute approximate surface area is 146 Å². The molecule has 0 unspecified atom stereocenters. The minimum atomic E-state index is 0.647. The Morgan fingerprint density at radius 3 is 2.52 bits per heavy atom. The lowest BCUT2D eigenvalue weighted by Gasteiger charge is -2.12. The van der Waals surface area contributed by atoms with E-state index < -0.39 is 0 Å². The largest absolute Gasteiger partial charge is 0.318 e. The van der Waals surface area contributed by atoms with Crippen LogP contribution in [0.2, 0.25) is 10.0 Å². The normalized spacial score (nSPS) is 10.9. The number of hydrogen-bond acceptors (Lipinski definition) is 1. The second-order valence-corrected chi connectivity index (χ2v) is 6.22. The van der Waals surface area contributed by atoms with E-state index in [2.05, 4.69) is 40.2 Å². The number of halogens is 2. The van der Waals surface area contributed by atoms with E-state index in [1.54, 1.807) is 6.07 Å². The van der Waals surface area contributed by atoms with Crippen molar-refractivity contribution in [1.82, 2.24) is 9.88 Å². The van der Waals surface area contributed by atoms with Crippen LogP contribution in [-0.4, -0.2) is 11.1 Å². The highest BCUT2D eigenvalue weighted by molar-refractivity contribution is 6.35. The molecule has 0 aliphatic heterocycles. The molecule has 1 aromatic heterocycles. The van der Waals surface area contributed by atoms with Crippen molar-refractivity contribution in [2.24, 2.45) is 0 Å². The zero-order valence-corrected chi connectivity index (χ0v) is 14.2. The average Bonchev–Trinajstić information content (AvgIpc) is 3.01. The third kappa shape index (κ3) is 4.17. The molecule has 0 atom stereocenters. The fourth-order valence-electron chi connectivity index (χ4n) is 2.57. The second-order valence-electron chi connectivity index (χ2n) is 5.38. The number of hydrogen-bond donors (Lipinski definition) is 1. The zero-order valence-electron chi connectivity index (χ0n) is 12.7. The van der Waals surface area contributed by atoms with E-state index in [1.807, 2.05) is 30.5 Å². The van der Waals surface area contributed by atoms with Crippen LogP contribution >= 0.6 is 23.2 Å². The van der Waals surface area contributed by atoms with Crippen LogP contribution in [0.1, 0.15) is 11.3 Å². The average molecular weight is 345 g/mol. The first-order valence-electron chi connectivity index (χ1n) is 7.60. The second kappa shape index (κ2) is 7.69. The molecule has 3 aromatic rings. The van der Waals surface area contributed by atoms with E-state index in [9.17, 15) is 0 Å². The van der Waals surface area contributed by atoms with Gasteiger partial charge in [-0.3, -0.25) is 0 Å². The molecule has 0 spiro atoms. The van der Waals surface area contributed by atoms with Gasteiger partial charge in [-0.15, -0.1) is 0 Å². The molecule has 2 aromatic carbocycles. The minimum Gasteiger partial charge on any atom is -0.318 e. The maximum absolute atomic E-state index is 6.31. The molecule has 0 amide bonds. The van der Waals surface area contributed by atoms with Crippen molar-refractivity contribution in [3.05, 3.63) is 88.2 Å². The molecular formula is C19H18Cl2N2. The first-order chi connectivity index (χ1) is 11.2. The van der Waals surface area contributed by atoms with E-state index in [0.29, 0.717) is 10.0 Å². The van der Waals surface area contributed by atoms with Gasteiger partial charge in [0.2, 0.25) is 0 Å². The van der Waals surface area contributed by atoms with Gasteiger partial charge in [-0.1, -0.05) is 53.5 Å². The lowest BCUT2D eigenvalue weighted by molar-refractivity contribution is 0.666. The Hall–Kier alpha value is -1.74. The van der Waals surface area contributed by atoms with E-state index >= 15 is 0 Å².